The van der Waals surface area contributed by atoms with E-state index in [9.17, 15) is 9.59 Å². The second-order valence-electron chi connectivity index (χ2n) is 4.11. The van der Waals surface area contributed by atoms with Gasteiger partial charge in [-0.25, -0.2) is 9.48 Å². The van der Waals surface area contributed by atoms with Crippen molar-refractivity contribution in [2.45, 2.75) is 13.5 Å². The number of hydrogen-bond acceptors (Lipinski definition) is 5. The third-order valence-electron chi connectivity index (χ3n) is 2.54. The van der Waals surface area contributed by atoms with Crippen molar-refractivity contribution in [3.05, 3.63) is 41.5 Å². The highest BCUT2D eigenvalue weighted by atomic mass is 16.4. The highest BCUT2D eigenvalue weighted by molar-refractivity contribution is 5.94. The lowest BCUT2D eigenvalue weighted by atomic mass is 10.2. The zero-order chi connectivity index (χ0) is 14.5. The summed E-state index contributed by atoms with van der Waals surface area (Å²) in [7, 11) is 0. The summed E-state index contributed by atoms with van der Waals surface area (Å²) in [4.78, 5) is 26.5. The fraction of sp³-hybridized carbons (Fsp3) is 0.250. The number of carbonyl (C=O) groups excluding carboxylic acids is 1. The minimum atomic E-state index is -1.13. The third kappa shape index (κ3) is 3.37. The van der Waals surface area contributed by atoms with Gasteiger partial charge in [0, 0.05) is 24.0 Å². The molecule has 2 aromatic heterocycles. The van der Waals surface area contributed by atoms with Crippen LogP contribution >= 0.6 is 0 Å². The van der Waals surface area contributed by atoms with Crippen LogP contribution in [-0.4, -0.2) is 43.5 Å². The fourth-order valence-corrected chi connectivity index (χ4v) is 1.58. The molecule has 0 aromatic carbocycles. The maximum absolute atomic E-state index is 11.8. The summed E-state index contributed by atoms with van der Waals surface area (Å²) in [6, 6.07) is 3.31. The summed E-state index contributed by atoms with van der Waals surface area (Å²) >= 11 is 0. The first-order valence-corrected chi connectivity index (χ1v) is 5.90. The van der Waals surface area contributed by atoms with Crippen LogP contribution in [0.2, 0.25) is 0 Å². The Labute approximate surface area is 114 Å². The number of aryl methyl sites for hydroxylation is 1. The van der Waals surface area contributed by atoms with Gasteiger partial charge in [0.05, 0.1) is 12.7 Å². The van der Waals surface area contributed by atoms with Crippen LogP contribution in [0.4, 0.5) is 0 Å². The minimum Gasteiger partial charge on any atom is -0.476 e. The Morgan fingerprint density at radius 1 is 1.45 bits per heavy atom. The zero-order valence-corrected chi connectivity index (χ0v) is 10.8. The number of aromatic carboxylic acids is 1. The van der Waals surface area contributed by atoms with Crippen LogP contribution in [-0.2, 0) is 6.54 Å². The Hall–Kier alpha value is -2.77. The Bertz CT molecular complexity index is 638. The van der Waals surface area contributed by atoms with Gasteiger partial charge in [-0.3, -0.25) is 9.78 Å². The summed E-state index contributed by atoms with van der Waals surface area (Å²) in [6.07, 6.45) is 2.88. The van der Waals surface area contributed by atoms with Crippen molar-refractivity contribution in [3.63, 3.8) is 0 Å². The van der Waals surface area contributed by atoms with Crippen LogP contribution in [0.15, 0.2) is 24.5 Å². The van der Waals surface area contributed by atoms with Gasteiger partial charge in [-0.2, -0.15) is 0 Å². The summed E-state index contributed by atoms with van der Waals surface area (Å²) in [6.45, 7) is 2.47. The Kier molecular flexibility index (Phi) is 4.04. The van der Waals surface area contributed by atoms with E-state index in [2.05, 4.69) is 20.6 Å². The normalized spacial score (nSPS) is 10.2. The smallest absolute Gasteiger partial charge is 0.358 e. The van der Waals surface area contributed by atoms with E-state index in [0.717, 1.165) is 5.69 Å². The molecule has 0 radical (unpaired) electrons. The number of rotatable bonds is 5. The van der Waals surface area contributed by atoms with Crippen molar-refractivity contribution in [1.29, 1.82) is 0 Å². The lowest BCUT2D eigenvalue weighted by molar-refractivity contribution is 0.0690. The highest BCUT2D eigenvalue weighted by Crippen LogP contribution is 2.00. The molecular formula is C12H13N5O3. The fourth-order valence-electron chi connectivity index (χ4n) is 1.58. The number of carbonyl (C=O) groups is 2. The van der Waals surface area contributed by atoms with Crippen molar-refractivity contribution >= 4 is 11.9 Å². The van der Waals surface area contributed by atoms with Gasteiger partial charge in [-0.05, 0) is 19.1 Å². The van der Waals surface area contributed by atoms with Crippen molar-refractivity contribution in [2.75, 3.05) is 6.54 Å². The third-order valence-corrected chi connectivity index (χ3v) is 2.54. The molecule has 0 atom stereocenters. The standard InChI is InChI=1S/C12H13N5O3/c1-8-6-9(2-3-13-8)11(18)14-4-5-17-7-10(12(19)20)15-16-17/h2-3,6-7H,4-5H2,1H3,(H,14,18)(H,19,20). The molecule has 2 N–H and O–H groups in total. The van der Waals surface area contributed by atoms with Crippen LogP contribution in [0.1, 0.15) is 26.5 Å². The number of nitrogens with one attached hydrogen (secondary N) is 1. The summed E-state index contributed by atoms with van der Waals surface area (Å²) in [5, 5.41) is 18.5. The first-order chi connectivity index (χ1) is 9.56. The maximum Gasteiger partial charge on any atom is 0.358 e. The number of hydrogen-bond donors (Lipinski definition) is 2. The van der Waals surface area contributed by atoms with Gasteiger partial charge in [0.2, 0.25) is 0 Å². The van der Waals surface area contributed by atoms with Gasteiger partial charge >= 0.3 is 5.97 Å². The molecule has 0 bridgehead atoms. The molecule has 2 rings (SSSR count). The van der Waals surface area contributed by atoms with E-state index in [1.54, 1.807) is 25.3 Å². The van der Waals surface area contributed by atoms with Crippen molar-refractivity contribution in [2.24, 2.45) is 0 Å². The van der Waals surface area contributed by atoms with Crippen LogP contribution in [0, 0.1) is 6.92 Å². The Morgan fingerprint density at radius 3 is 2.90 bits per heavy atom. The molecule has 0 saturated heterocycles. The number of carboxylic acid groups (broad SMARTS) is 1. The first kappa shape index (κ1) is 13.7. The van der Waals surface area contributed by atoms with Crippen LogP contribution in [0.3, 0.4) is 0 Å². The Morgan fingerprint density at radius 2 is 2.25 bits per heavy atom. The molecule has 0 spiro atoms. The topological polar surface area (TPSA) is 110 Å². The molecular weight excluding hydrogens is 262 g/mol. The van der Waals surface area contributed by atoms with Gasteiger partial charge in [0.25, 0.3) is 5.91 Å². The monoisotopic (exact) mass is 275 g/mol. The van der Waals surface area contributed by atoms with Crippen molar-refractivity contribution in [1.82, 2.24) is 25.3 Å². The minimum absolute atomic E-state index is 0.124. The molecule has 0 fully saturated rings. The predicted octanol–water partition coefficient (Wildman–Crippen LogP) is 0.110. The highest BCUT2D eigenvalue weighted by Gasteiger charge is 2.09. The largest absolute Gasteiger partial charge is 0.476 e. The van der Waals surface area contributed by atoms with Crippen LogP contribution in [0.5, 0.6) is 0 Å². The summed E-state index contributed by atoms with van der Waals surface area (Å²) in [5.74, 6) is -1.35. The maximum atomic E-state index is 11.8. The molecule has 0 saturated carbocycles. The average Bonchev–Trinajstić information content (AvgIpc) is 2.87. The Balaban J connectivity index is 1.86. The number of nitrogens with zero attached hydrogens (tertiary/aromatic N) is 4. The zero-order valence-electron chi connectivity index (χ0n) is 10.8. The van der Waals surface area contributed by atoms with E-state index in [1.807, 2.05) is 0 Å². The van der Waals surface area contributed by atoms with Crippen molar-refractivity contribution in [3.8, 4) is 0 Å². The number of aromatic nitrogens is 4. The van der Waals surface area contributed by atoms with Crippen LogP contribution in [0.25, 0.3) is 0 Å². The number of amides is 1. The van der Waals surface area contributed by atoms with E-state index in [-0.39, 0.29) is 11.6 Å². The number of carboxylic acids is 1. The predicted molar refractivity (Wildman–Crippen MR) is 68.3 cm³/mol. The van der Waals surface area contributed by atoms with E-state index in [4.69, 9.17) is 5.11 Å². The second kappa shape index (κ2) is 5.91. The lowest BCUT2D eigenvalue weighted by Gasteiger charge is -2.05. The average molecular weight is 275 g/mol. The molecule has 8 nitrogen and oxygen atoms in total. The number of pyridine rings is 1. The molecule has 104 valence electrons. The molecule has 20 heavy (non-hydrogen) atoms. The molecule has 1 amide bonds. The van der Waals surface area contributed by atoms with Crippen LogP contribution < -0.4 is 5.32 Å². The van der Waals surface area contributed by atoms with E-state index in [1.165, 1.54) is 10.9 Å². The quantitative estimate of drug-likeness (QED) is 0.801. The van der Waals surface area contributed by atoms with E-state index >= 15 is 0 Å². The van der Waals surface area contributed by atoms with Gasteiger partial charge < -0.3 is 10.4 Å². The second-order valence-corrected chi connectivity index (χ2v) is 4.11. The SMILES string of the molecule is Cc1cc(C(=O)NCCn2cc(C(=O)O)nn2)ccn1. The summed E-state index contributed by atoms with van der Waals surface area (Å²) < 4.78 is 1.36. The van der Waals surface area contributed by atoms with Gasteiger partial charge in [0.15, 0.2) is 5.69 Å². The van der Waals surface area contributed by atoms with Gasteiger partial charge in [-0.15, -0.1) is 5.10 Å². The van der Waals surface area contributed by atoms with Crippen molar-refractivity contribution < 1.29 is 14.7 Å². The molecule has 2 aromatic rings. The van der Waals surface area contributed by atoms with E-state index in [0.29, 0.717) is 18.7 Å². The molecule has 0 aliphatic heterocycles. The molecule has 8 heteroatoms. The van der Waals surface area contributed by atoms with Gasteiger partial charge in [-0.1, -0.05) is 5.21 Å². The molecule has 0 aliphatic rings. The summed E-state index contributed by atoms with van der Waals surface area (Å²) in [5.41, 5.74) is 1.17. The first-order valence-electron chi connectivity index (χ1n) is 5.90. The molecule has 0 aliphatic carbocycles. The lowest BCUT2D eigenvalue weighted by Crippen LogP contribution is -2.27. The van der Waals surface area contributed by atoms with E-state index < -0.39 is 5.97 Å². The molecule has 0 unspecified atom stereocenters. The molecule has 2 heterocycles. The van der Waals surface area contributed by atoms with Gasteiger partial charge in [0.1, 0.15) is 0 Å².